The van der Waals surface area contributed by atoms with Crippen LogP contribution < -0.4 is 5.32 Å². The van der Waals surface area contributed by atoms with Crippen molar-refractivity contribution < 1.29 is 18.7 Å². The predicted octanol–water partition coefficient (Wildman–Crippen LogP) is 4.93. The number of nitrogens with zero attached hydrogens (tertiary/aromatic N) is 2. The molecule has 0 saturated heterocycles. The Morgan fingerprint density at radius 1 is 1.09 bits per heavy atom. The maximum Gasteiger partial charge on any atom is 0.338 e. The molecule has 0 bridgehead atoms. The van der Waals surface area contributed by atoms with Crippen molar-refractivity contribution in [3.63, 3.8) is 0 Å². The summed E-state index contributed by atoms with van der Waals surface area (Å²) in [4.78, 5) is 24.3. The summed E-state index contributed by atoms with van der Waals surface area (Å²) in [5.41, 5.74) is 4.44. The van der Waals surface area contributed by atoms with E-state index in [1.54, 1.807) is 19.1 Å². The SMILES string of the molecule is CCOC(=O)c1ccc(C)c(CNC(=O)CSc2nnc(-c3ccc(C(C)(C)C)cc3)o2)c1. The first-order valence-electron chi connectivity index (χ1n) is 10.8. The predicted molar refractivity (Wildman–Crippen MR) is 128 cm³/mol. The van der Waals surface area contributed by atoms with Gasteiger partial charge in [-0.15, -0.1) is 10.2 Å². The summed E-state index contributed by atoms with van der Waals surface area (Å²) in [6.07, 6.45) is 0. The topological polar surface area (TPSA) is 94.3 Å². The molecule has 1 aromatic heterocycles. The Balaban J connectivity index is 1.53. The molecular weight excluding hydrogens is 438 g/mol. The maximum atomic E-state index is 12.3. The zero-order chi connectivity index (χ0) is 24.0. The first kappa shape index (κ1) is 24.5. The molecule has 7 nitrogen and oxygen atoms in total. The highest BCUT2D eigenvalue weighted by Crippen LogP contribution is 2.27. The lowest BCUT2D eigenvalue weighted by atomic mass is 9.87. The smallest absolute Gasteiger partial charge is 0.338 e. The molecule has 0 unspecified atom stereocenters. The normalized spacial score (nSPS) is 11.3. The Labute approximate surface area is 198 Å². The summed E-state index contributed by atoms with van der Waals surface area (Å²) >= 11 is 1.18. The van der Waals surface area contributed by atoms with Crippen LogP contribution in [0.2, 0.25) is 0 Å². The van der Waals surface area contributed by atoms with Crippen molar-refractivity contribution in [2.75, 3.05) is 12.4 Å². The Bertz CT molecular complexity index is 1120. The van der Waals surface area contributed by atoms with Crippen LogP contribution in [0.15, 0.2) is 52.1 Å². The maximum absolute atomic E-state index is 12.3. The zero-order valence-electron chi connectivity index (χ0n) is 19.6. The summed E-state index contributed by atoms with van der Waals surface area (Å²) in [6.45, 7) is 10.8. The van der Waals surface area contributed by atoms with Gasteiger partial charge >= 0.3 is 5.97 Å². The number of aromatic nitrogens is 2. The molecule has 0 fully saturated rings. The quantitative estimate of drug-likeness (QED) is 0.371. The van der Waals surface area contributed by atoms with Crippen molar-refractivity contribution in [3.05, 3.63) is 64.7 Å². The average Bonchev–Trinajstić information content (AvgIpc) is 3.26. The Kier molecular flexibility index (Phi) is 7.92. The molecule has 1 heterocycles. The Morgan fingerprint density at radius 3 is 2.48 bits per heavy atom. The number of benzene rings is 2. The molecule has 0 saturated carbocycles. The number of thioether (sulfide) groups is 1. The van der Waals surface area contributed by atoms with E-state index in [0.717, 1.165) is 16.7 Å². The van der Waals surface area contributed by atoms with Gasteiger partial charge in [0.15, 0.2) is 0 Å². The van der Waals surface area contributed by atoms with Crippen molar-refractivity contribution in [2.45, 2.75) is 51.8 Å². The molecular formula is C25H29N3O4S. The molecule has 0 aliphatic rings. The number of esters is 1. The summed E-state index contributed by atoms with van der Waals surface area (Å²) < 4.78 is 10.7. The van der Waals surface area contributed by atoms with Crippen molar-refractivity contribution in [2.24, 2.45) is 0 Å². The van der Waals surface area contributed by atoms with Crippen molar-refractivity contribution in [1.29, 1.82) is 0 Å². The molecule has 1 amide bonds. The number of rotatable bonds is 8. The number of nitrogens with one attached hydrogen (secondary N) is 1. The monoisotopic (exact) mass is 467 g/mol. The van der Waals surface area contributed by atoms with Crippen molar-refractivity contribution in [3.8, 4) is 11.5 Å². The van der Waals surface area contributed by atoms with Gasteiger partial charge in [-0.25, -0.2) is 4.79 Å². The minimum absolute atomic E-state index is 0.0699. The lowest BCUT2D eigenvalue weighted by Crippen LogP contribution is -2.25. The van der Waals surface area contributed by atoms with Gasteiger partial charge in [-0.2, -0.15) is 0 Å². The highest BCUT2D eigenvalue weighted by molar-refractivity contribution is 7.99. The molecule has 3 aromatic rings. The van der Waals surface area contributed by atoms with Crippen LogP contribution in [0, 0.1) is 6.92 Å². The van der Waals surface area contributed by atoms with Gasteiger partial charge < -0.3 is 14.5 Å². The fourth-order valence-electron chi connectivity index (χ4n) is 3.07. The molecule has 33 heavy (non-hydrogen) atoms. The van der Waals surface area contributed by atoms with Crippen LogP contribution in [-0.2, 0) is 21.5 Å². The highest BCUT2D eigenvalue weighted by atomic mass is 32.2. The molecule has 0 aliphatic heterocycles. The van der Waals surface area contributed by atoms with Crippen LogP contribution >= 0.6 is 11.8 Å². The Hall–Kier alpha value is -3.13. The second kappa shape index (κ2) is 10.7. The van der Waals surface area contributed by atoms with Crippen LogP contribution in [0.4, 0.5) is 0 Å². The first-order valence-corrected chi connectivity index (χ1v) is 11.8. The van der Waals surface area contributed by atoms with Gasteiger partial charge in [0.1, 0.15) is 0 Å². The van der Waals surface area contributed by atoms with Gasteiger partial charge in [0.05, 0.1) is 17.9 Å². The van der Waals surface area contributed by atoms with Crippen LogP contribution in [-0.4, -0.2) is 34.4 Å². The number of hydrogen-bond acceptors (Lipinski definition) is 7. The van der Waals surface area contributed by atoms with E-state index in [0.29, 0.717) is 29.8 Å². The fourth-order valence-corrected chi connectivity index (χ4v) is 3.67. The molecule has 1 N–H and O–H groups in total. The largest absolute Gasteiger partial charge is 0.462 e. The first-order chi connectivity index (χ1) is 15.7. The summed E-state index contributed by atoms with van der Waals surface area (Å²) in [5.74, 6) is 0.0159. The lowest BCUT2D eigenvalue weighted by molar-refractivity contribution is -0.118. The van der Waals surface area contributed by atoms with Crippen molar-refractivity contribution >= 4 is 23.6 Å². The van der Waals surface area contributed by atoms with Crippen LogP contribution in [0.25, 0.3) is 11.5 Å². The van der Waals surface area contributed by atoms with E-state index in [9.17, 15) is 9.59 Å². The number of aryl methyl sites for hydroxylation is 1. The minimum Gasteiger partial charge on any atom is -0.462 e. The van der Waals surface area contributed by atoms with E-state index in [1.807, 2.05) is 25.1 Å². The third kappa shape index (κ3) is 6.68. The van der Waals surface area contributed by atoms with Crippen LogP contribution in [0.5, 0.6) is 0 Å². The van der Waals surface area contributed by atoms with Gasteiger partial charge in [0, 0.05) is 12.1 Å². The molecule has 0 aliphatic carbocycles. The number of hydrogen-bond donors (Lipinski definition) is 1. The lowest BCUT2D eigenvalue weighted by Gasteiger charge is -2.18. The minimum atomic E-state index is -0.374. The molecule has 174 valence electrons. The van der Waals surface area contributed by atoms with E-state index < -0.39 is 0 Å². The third-order valence-corrected chi connectivity index (χ3v) is 5.89. The van der Waals surface area contributed by atoms with E-state index >= 15 is 0 Å². The number of carbonyl (C=O) groups is 2. The number of amides is 1. The summed E-state index contributed by atoms with van der Waals surface area (Å²) in [5, 5.41) is 11.3. The van der Waals surface area contributed by atoms with Gasteiger partial charge in [0.2, 0.25) is 11.8 Å². The molecule has 8 heteroatoms. The van der Waals surface area contributed by atoms with Gasteiger partial charge in [-0.05, 0) is 60.2 Å². The number of carbonyl (C=O) groups excluding carboxylic acids is 2. The average molecular weight is 468 g/mol. The van der Waals surface area contributed by atoms with Gasteiger partial charge in [0.25, 0.3) is 5.22 Å². The van der Waals surface area contributed by atoms with E-state index in [2.05, 4.69) is 48.4 Å². The fraction of sp³-hybridized carbons (Fsp3) is 0.360. The van der Waals surface area contributed by atoms with Crippen LogP contribution in [0.1, 0.15) is 54.7 Å². The third-order valence-electron chi connectivity index (χ3n) is 5.07. The van der Waals surface area contributed by atoms with Gasteiger partial charge in [-0.1, -0.05) is 50.7 Å². The molecule has 0 radical (unpaired) electrons. The highest BCUT2D eigenvalue weighted by Gasteiger charge is 2.16. The molecule has 0 spiro atoms. The summed E-state index contributed by atoms with van der Waals surface area (Å²) in [6, 6.07) is 13.3. The van der Waals surface area contributed by atoms with E-state index in [1.165, 1.54) is 17.3 Å². The number of ether oxygens (including phenoxy) is 1. The molecule has 0 atom stereocenters. The summed E-state index contributed by atoms with van der Waals surface area (Å²) in [7, 11) is 0. The standard InChI is InChI=1S/C25H29N3O4S/c1-6-31-23(30)18-8-7-16(2)19(13-18)14-26-21(29)15-33-24-28-27-22(32-24)17-9-11-20(12-10-17)25(3,4)5/h7-13H,6,14-15H2,1-5H3,(H,26,29). The zero-order valence-corrected chi connectivity index (χ0v) is 20.4. The van der Waals surface area contributed by atoms with Crippen molar-refractivity contribution in [1.82, 2.24) is 15.5 Å². The molecule has 2 aromatic carbocycles. The Morgan fingerprint density at radius 2 is 1.82 bits per heavy atom. The second-order valence-corrected chi connectivity index (χ2v) is 9.55. The molecule has 3 rings (SSSR count). The van der Waals surface area contributed by atoms with Crippen LogP contribution in [0.3, 0.4) is 0 Å². The van der Waals surface area contributed by atoms with Gasteiger partial charge in [-0.3, -0.25) is 4.79 Å². The van der Waals surface area contributed by atoms with E-state index in [4.69, 9.17) is 9.15 Å². The second-order valence-electron chi connectivity index (χ2n) is 8.63. The van der Waals surface area contributed by atoms with E-state index in [-0.39, 0.29) is 23.0 Å².